The van der Waals surface area contributed by atoms with E-state index in [9.17, 15) is 9.59 Å². The van der Waals surface area contributed by atoms with Gasteiger partial charge in [-0.05, 0) is 6.42 Å². The van der Waals surface area contributed by atoms with Gasteiger partial charge in [0.2, 0.25) is 5.91 Å². The molecule has 0 aliphatic carbocycles. The van der Waals surface area contributed by atoms with E-state index in [2.05, 4.69) is 10.3 Å². The molecule has 0 spiro atoms. The number of nitrogens with one attached hydrogen (secondary N) is 1. The largest absolute Gasteiger partial charge is 0.481 e. The molecule has 1 amide bonds. The summed E-state index contributed by atoms with van der Waals surface area (Å²) in [6, 6.07) is 0. The molecule has 1 heterocycles. The Hall–Kier alpha value is -1.43. The van der Waals surface area contributed by atoms with E-state index in [1.54, 1.807) is 24.5 Å². The molecule has 18 heavy (non-hydrogen) atoms. The van der Waals surface area contributed by atoms with Crippen molar-refractivity contribution in [3.8, 4) is 0 Å². The summed E-state index contributed by atoms with van der Waals surface area (Å²) >= 11 is 1.56. The van der Waals surface area contributed by atoms with Gasteiger partial charge < -0.3 is 10.4 Å². The summed E-state index contributed by atoms with van der Waals surface area (Å²) in [5, 5.41) is 12.4. The minimum Gasteiger partial charge on any atom is -0.481 e. The van der Waals surface area contributed by atoms with Gasteiger partial charge in [0.15, 0.2) is 0 Å². The van der Waals surface area contributed by atoms with Gasteiger partial charge in [-0.15, -0.1) is 11.3 Å². The van der Waals surface area contributed by atoms with Crippen molar-refractivity contribution >= 4 is 23.2 Å². The third kappa shape index (κ3) is 3.80. The van der Waals surface area contributed by atoms with Gasteiger partial charge in [-0.25, -0.2) is 4.98 Å². The van der Waals surface area contributed by atoms with Gasteiger partial charge in [0.05, 0.1) is 12.5 Å². The predicted octanol–water partition coefficient (Wildman–Crippen LogP) is 1.68. The molecule has 2 N–H and O–H groups in total. The van der Waals surface area contributed by atoms with Crippen molar-refractivity contribution in [2.45, 2.75) is 33.7 Å². The van der Waals surface area contributed by atoms with Crippen LogP contribution in [0.1, 0.15) is 30.7 Å². The van der Waals surface area contributed by atoms with Gasteiger partial charge in [-0.3, -0.25) is 9.59 Å². The molecular weight excluding hydrogens is 252 g/mol. The summed E-state index contributed by atoms with van der Waals surface area (Å²) in [6.45, 7) is 5.56. The average Bonchev–Trinajstić information content (AvgIpc) is 2.81. The lowest BCUT2D eigenvalue weighted by atomic mass is 9.95. The van der Waals surface area contributed by atoms with Crippen LogP contribution in [0.2, 0.25) is 0 Å². The first-order valence-electron chi connectivity index (χ1n) is 5.89. The number of hydrogen-bond acceptors (Lipinski definition) is 4. The lowest BCUT2D eigenvalue weighted by molar-refractivity contribution is -0.146. The number of aromatic nitrogens is 1. The zero-order valence-corrected chi connectivity index (χ0v) is 11.6. The second kappa shape index (κ2) is 6.49. The Balaban J connectivity index is 2.48. The third-order valence-corrected chi connectivity index (χ3v) is 4.06. The highest BCUT2D eigenvalue weighted by Crippen LogP contribution is 2.14. The molecule has 2 unspecified atom stereocenters. The summed E-state index contributed by atoms with van der Waals surface area (Å²) in [7, 11) is 0. The number of hydrogen-bond donors (Lipinski definition) is 2. The van der Waals surface area contributed by atoms with E-state index in [0.717, 1.165) is 11.4 Å². The molecule has 1 aromatic heterocycles. The molecule has 5 nitrogen and oxygen atoms in total. The Morgan fingerprint density at radius 3 is 2.61 bits per heavy atom. The Labute approximate surface area is 110 Å². The molecule has 1 rings (SSSR count). The van der Waals surface area contributed by atoms with Gasteiger partial charge in [-0.1, -0.05) is 20.8 Å². The van der Waals surface area contributed by atoms with Crippen LogP contribution in [0.5, 0.6) is 0 Å². The molecule has 0 aliphatic rings. The molecule has 2 atom stereocenters. The third-order valence-electron chi connectivity index (χ3n) is 2.92. The highest BCUT2D eigenvalue weighted by Gasteiger charge is 2.25. The molecule has 0 radical (unpaired) electrons. The van der Waals surface area contributed by atoms with E-state index in [4.69, 9.17) is 5.11 Å². The van der Waals surface area contributed by atoms with Crippen molar-refractivity contribution in [1.82, 2.24) is 10.3 Å². The van der Waals surface area contributed by atoms with Gasteiger partial charge in [0.1, 0.15) is 5.01 Å². The minimum absolute atomic E-state index is 0.252. The summed E-state index contributed by atoms with van der Waals surface area (Å²) in [5.74, 6) is -2.45. The normalized spacial score (nSPS) is 13.9. The molecule has 1 aromatic rings. The number of rotatable bonds is 6. The van der Waals surface area contributed by atoms with Gasteiger partial charge in [0.25, 0.3) is 0 Å². The van der Waals surface area contributed by atoms with E-state index >= 15 is 0 Å². The zero-order valence-electron chi connectivity index (χ0n) is 10.8. The van der Waals surface area contributed by atoms with Crippen molar-refractivity contribution in [2.75, 3.05) is 0 Å². The topological polar surface area (TPSA) is 79.3 Å². The second-order valence-electron chi connectivity index (χ2n) is 4.21. The van der Waals surface area contributed by atoms with Crippen LogP contribution in [0.3, 0.4) is 0 Å². The van der Waals surface area contributed by atoms with Crippen LogP contribution in [-0.2, 0) is 22.6 Å². The molecule has 0 bridgehead atoms. The fourth-order valence-electron chi connectivity index (χ4n) is 1.36. The Kier molecular flexibility index (Phi) is 5.27. The van der Waals surface area contributed by atoms with E-state index in [1.807, 2.05) is 6.92 Å². The maximum Gasteiger partial charge on any atom is 0.307 e. The summed E-state index contributed by atoms with van der Waals surface area (Å²) < 4.78 is 0. The molecule has 0 aliphatic heterocycles. The van der Waals surface area contributed by atoms with Crippen LogP contribution in [0, 0.1) is 11.8 Å². The van der Waals surface area contributed by atoms with E-state index < -0.39 is 17.8 Å². The van der Waals surface area contributed by atoms with E-state index in [0.29, 0.717) is 6.54 Å². The number of carbonyl (C=O) groups is 2. The number of amides is 1. The fourth-order valence-corrected chi connectivity index (χ4v) is 2.16. The highest BCUT2D eigenvalue weighted by atomic mass is 32.1. The van der Waals surface area contributed by atoms with Crippen LogP contribution >= 0.6 is 11.3 Å². The maximum atomic E-state index is 11.7. The van der Waals surface area contributed by atoms with Crippen LogP contribution < -0.4 is 5.32 Å². The summed E-state index contributed by atoms with van der Waals surface area (Å²) in [4.78, 5) is 27.9. The van der Waals surface area contributed by atoms with Crippen LogP contribution in [0.25, 0.3) is 0 Å². The summed E-state index contributed by atoms with van der Waals surface area (Å²) in [5.41, 5.74) is 0. The standard InChI is InChI=1S/C12H18N2O3S/c1-4-9-5-13-10(18-9)6-14-11(15)7(2)8(3)12(16)17/h5,7-8H,4,6H2,1-3H3,(H,14,15)(H,16,17). The molecule has 0 fully saturated rings. The molecular formula is C12H18N2O3S. The number of aliphatic carboxylic acids is 1. The van der Waals surface area contributed by atoms with Gasteiger partial charge >= 0.3 is 5.97 Å². The maximum absolute atomic E-state index is 11.7. The van der Waals surface area contributed by atoms with Crippen molar-refractivity contribution in [1.29, 1.82) is 0 Å². The molecule has 6 heteroatoms. The number of carbonyl (C=O) groups excluding carboxylic acids is 1. The van der Waals surface area contributed by atoms with E-state index in [-0.39, 0.29) is 5.91 Å². The number of carboxylic acid groups (broad SMARTS) is 1. The first kappa shape index (κ1) is 14.6. The van der Waals surface area contributed by atoms with Crippen LogP contribution in [0.15, 0.2) is 6.20 Å². The molecule has 0 saturated carbocycles. The number of aryl methyl sites for hydroxylation is 1. The molecule has 100 valence electrons. The fraction of sp³-hybridized carbons (Fsp3) is 0.583. The van der Waals surface area contributed by atoms with Crippen molar-refractivity contribution in [2.24, 2.45) is 11.8 Å². The van der Waals surface area contributed by atoms with Crippen molar-refractivity contribution in [3.05, 3.63) is 16.1 Å². The first-order chi connectivity index (χ1) is 8.45. The number of carboxylic acids is 1. The van der Waals surface area contributed by atoms with Crippen LogP contribution in [0.4, 0.5) is 0 Å². The van der Waals surface area contributed by atoms with Crippen LogP contribution in [-0.4, -0.2) is 22.0 Å². The predicted molar refractivity (Wildman–Crippen MR) is 69.3 cm³/mol. The lowest BCUT2D eigenvalue weighted by Crippen LogP contribution is -2.34. The van der Waals surface area contributed by atoms with Gasteiger partial charge in [0, 0.05) is 17.0 Å². The Bertz CT molecular complexity index is 431. The zero-order chi connectivity index (χ0) is 13.7. The summed E-state index contributed by atoms with van der Waals surface area (Å²) in [6.07, 6.45) is 2.73. The smallest absolute Gasteiger partial charge is 0.307 e. The quantitative estimate of drug-likeness (QED) is 0.824. The van der Waals surface area contributed by atoms with E-state index in [1.165, 1.54) is 11.8 Å². The number of thiazole rings is 1. The SMILES string of the molecule is CCc1cnc(CNC(=O)C(C)C(C)C(=O)O)s1. The molecule has 0 saturated heterocycles. The first-order valence-corrected chi connectivity index (χ1v) is 6.71. The van der Waals surface area contributed by atoms with Crippen molar-refractivity contribution < 1.29 is 14.7 Å². The Morgan fingerprint density at radius 2 is 2.11 bits per heavy atom. The van der Waals surface area contributed by atoms with Crippen molar-refractivity contribution in [3.63, 3.8) is 0 Å². The second-order valence-corrected chi connectivity index (χ2v) is 5.41. The van der Waals surface area contributed by atoms with Gasteiger partial charge in [-0.2, -0.15) is 0 Å². The monoisotopic (exact) mass is 270 g/mol. The minimum atomic E-state index is -0.958. The average molecular weight is 270 g/mol. The lowest BCUT2D eigenvalue weighted by Gasteiger charge is -2.15. The highest BCUT2D eigenvalue weighted by molar-refractivity contribution is 7.11. The Morgan fingerprint density at radius 1 is 1.44 bits per heavy atom. The number of nitrogens with zero attached hydrogens (tertiary/aromatic N) is 1. The molecule has 0 aromatic carbocycles.